The van der Waals surface area contributed by atoms with Gasteiger partial charge in [0.15, 0.2) is 5.69 Å². The molecule has 2 heterocycles. The van der Waals surface area contributed by atoms with Crippen LogP contribution in [-0.2, 0) is 22.9 Å². The van der Waals surface area contributed by atoms with E-state index < -0.39 is 10.0 Å². The first-order valence-electron chi connectivity index (χ1n) is 8.19. The Morgan fingerprint density at radius 3 is 2.89 bits per heavy atom. The maximum Gasteiger partial charge on any atom is 0.211 e. The Balaban J connectivity index is 1.74. The van der Waals surface area contributed by atoms with Gasteiger partial charge in [-0.1, -0.05) is 16.4 Å². The molecule has 0 amide bonds. The van der Waals surface area contributed by atoms with E-state index in [1.54, 1.807) is 12.1 Å². The van der Waals surface area contributed by atoms with E-state index in [0.29, 0.717) is 47.4 Å². The summed E-state index contributed by atoms with van der Waals surface area (Å²) < 4.78 is 43.3. The normalized spacial score (nSPS) is 18.9. The molecule has 0 aliphatic carbocycles. The van der Waals surface area contributed by atoms with Gasteiger partial charge in [-0.2, -0.15) is 0 Å². The SMILES string of the molecule is CS(=O)(=O)N1CCC(Cc2nonc2C(Cc2ccc(F)c(Br)c2)=NO)C1. The van der Waals surface area contributed by atoms with Crippen molar-refractivity contribution in [2.24, 2.45) is 11.1 Å². The van der Waals surface area contributed by atoms with Crippen LogP contribution in [0.5, 0.6) is 0 Å². The maximum absolute atomic E-state index is 13.4. The highest BCUT2D eigenvalue weighted by molar-refractivity contribution is 9.10. The fourth-order valence-electron chi connectivity index (χ4n) is 3.11. The lowest BCUT2D eigenvalue weighted by Gasteiger charge is -2.12. The predicted molar refractivity (Wildman–Crippen MR) is 98.7 cm³/mol. The number of rotatable bonds is 6. The largest absolute Gasteiger partial charge is 0.411 e. The van der Waals surface area contributed by atoms with E-state index >= 15 is 0 Å². The summed E-state index contributed by atoms with van der Waals surface area (Å²) in [6.07, 6.45) is 2.55. The summed E-state index contributed by atoms with van der Waals surface area (Å²) in [4.78, 5) is 0. The second-order valence-corrected chi connectivity index (χ2v) is 9.35. The van der Waals surface area contributed by atoms with E-state index in [1.165, 1.54) is 16.6 Å². The van der Waals surface area contributed by atoms with Gasteiger partial charge in [0.1, 0.15) is 17.2 Å². The van der Waals surface area contributed by atoms with Crippen LogP contribution in [-0.4, -0.2) is 53.3 Å². The van der Waals surface area contributed by atoms with Gasteiger partial charge in [0.05, 0.1) is 10.7 Å². The standard InChI is InChI=1S/C16H18BrFN4O4S/c1-27(24,25)22-5-4-11(9-22)8-15-16(21-26-20-15)14(19-23)7-10-2-3-13(18)12(17)6-10/h2-3,6,11,23H,4-5,7-9H2,1H3. The quantitative estimate of drug-likeness (QED) is 0.402. The second kappa shape index (κ2) is 8.03. The van der Waals surface area contributed by atoms with Gasteiger partial charge < -0.3 is 5.21 Å². The molecule has 1 N–H and O–H groups in total. The molecule has 1 fully saturated rings. The molecule has 0 spiro atoms. The van der Waals surface area contributed by atoms with Crippen LogP contribution in [0.25, 0.3) is 0 Å². The zero-order valence-corrected chi connectivity index (χ0v) is 16.9. The van der Waals surface area contributed by atoms with Gasteiger partial charge in [0.25, 0.3) is 0 Å². The molecule has 1 unspecified atom stereocenters. The molecule has 2 aromatic rings. The number of benzene rings is 1. The van der Waals surface area contributed by atoms with E-state index in [2.05, 4.69) is 31.4 Å². The molecular weight excluding hydrogens is 443 g/mol. The Morgan fingerprint density at radius 2 is 2.26 bits per heavy atom. The fraction of sp³-hybridized carbons (Fsp3) is 0.438. The molecule has 1 aliphatic rings. The lowest BCUT2D eigenvalue weighted by Crippen LogP contribution is -2.27. The van der Waals surface area contributed by atoms with Crippen molar-refractivity contribution in [3.8, 4) is 0 Å². The van der Waals surface area contributed by atoms with Gasteiger partial charge >= 0.3 is 0 Å². The number of sulfonamides is 1. The molecule has 0 bridgehead atoms. The minimum absolute atomic E-state index is 0.0743. The number of aromatic nitrogens is 2. The van der Waals surface area contributed by atoms with Crippen LogP contribution in [0.1, 0.15) is 23.4 Å². The molecule has 146 valence electrons. The van der Waals surface area contributed by atoms with Crippen LogP contribution in [0.2, 0.25) is 0 Å². The Labute approximate surface area is 164 Å². The fourth-order valence-corrected chi connectivity index (χ4v) is 4.45. The Kier molecular flexibility index (Phi) is 5.92. The summed E-state index contributed by atoms with van der Waals surface area (Å²) in [6.45, 7) is 0.871. The third-order valence-corrected chi connectivity index (χ3v) is 6.38. The van der Waals surface area contributed by atoms with Gasteiger partial charge in [0.2, 0.25) is 10.0 Å². The first-order valence-corrected chi connectivity index (χ1v) is 10.8. The van der Waals surface area contributed by atoms with Crippen molar-refractivity contribution in [2.75, 3.05) is 19.3 Å². The van der Waals surface area contributed by atoms with Crippen LogP contribution in [0, 0.1) is 11.7 Å². The van der Waals surface area contributed by atoms with Crippen molar-refractivity contribution in [3.63, 3.8) is 0 Å². The van der Waals surface area contributed by atoms with Crippen LogP contribution in [0.15, 0.2) is 32.5 Å². The highest BCUT2D eigenvalue weighted by Crippen LogP contribution is 2.24. The van der Waals surface area contributed by atoms with Gasteiger partial charge in [-0.3, -0.25) is 0 Å². The summed E-state index contributed by atoms with van der Waals surface area (Å²) in [5.74, 6) is -0.313. The molecule has 27 heavy (non-hydrogen) atoms. The zero-order chi connectivity index (χ0) is 19.6. The lowest BCUT2D eigenvalue weighted by atomic mass is 9.98. The number of hydrogen-bond donors (Lipinski definition) is 1. The average Bonchev–Trinajstić information content (AvgIpc) is 3.25. The van der Waals surface area contributed by atoms with Crippen LogP contribution in [0.3, 0.4) is 0 Å². The average molecular weight is 461 g/mol. The van der Waals surface area contributed by atoms with Gasteiger partial charge in [-0.25, -0.2) is 21.7 Å². The molecule has 11 heteroatoms. The van der Waals surface area contributed by atoms with E-state index in [1.807, 2.05) is 0 Å². The smallest absolute Gasteiger partial charge is 0.211 e. The number of hydrogen-bond acceptors (Lipinski definition) is 7. The van der Waals surface area contributed by atoms with E-state index in [0.717, 1.165) is 0 Å². The second-order valence-electron chi connectivity index (χ2n) is 6.51. The molecule has 8 nitrogen and oxygen atoms in total. The first-order chi connectivity index (χ1) is 12.8. The number of oxime groups is 1. The van der Waals surface area contributed by atoms with Gasteiger partial charge in [-0.05, 0) is 57.5 Å². The van der Waals surface area contributed by atoms with Crippen LogP contribution in [0.4, 0.5) is 4.39 Å². The van der Waals surface area contributed by atoms with Crippen molar-refractivity contribution in [2.45, 2.75) is 19.3 Å². The third-order valence-electron chi connectivity index (χ3n) is 4.51. The summed E-state index contributed by atoms with van der Waals surface area (Å²) in [5, 5.41) is 20.5. The van der Waals surface area contributed by atoms with Gasteiger partial charge in [-0.15, -0.1) is 0 Å². The predicted octanol–water partition coefficient (Wildman–Crippen LogP) is 2.22. The molecule has 1 aliphatic heterocycles. The lowest BCUT2D eigenvalue weighted by molar-refractivity contribution is 0.299. The minimum atomic E-state index is -3.22. The Morgan fingerprint density at radius 1 is 1.48 bits per heavy atom. The Hall–Kier alpha value is -1.85. The molecule has 0 saturated carbocycles. The van der Waals surface area contributed by atoms with Gasteiger partial charge in [0, 0.05) is 19.5 Å². The topological polar surface area (TPSA) is 109 Å². The van der Waals surface area contributed by atoms with Crippen molar-refractivity contribution >= 4 is 31.7 Å². The monoisotopic (exact) mass is 460 g/mol. The molecular formula is C16H18BrFN4O4S. The molecule has 0 radical (unpaired) electrons. The summed E-state index contributed by atoms with van der Waals surface area (Å²) in [6, 6.07) is 4.49. The van der Waals surface area contributed by atoms with Crippen molar-refractivity contribution < 1.29 is 22.6 Å². The summed E-state index contributed by atoms with van der Waals surface area (Å²) in [5.41, 5.74) is 1.77. The number of nitrogens with zero attached hydrogens (tertiary/aromatic N) is 4. The maximum atomic E-state index is 13.4. The summed E-state index contributed by atoms with van der Waals surface area (Å²) in [7, 11) is -3.22. The molecule has 1 atom stereocenters. The summed E-state index contributed by atoms with van der Waals surface area (Å²) >= 11 is 3.12. The van der Waals surface area contributed by atoms with E-state index in [-0.39, 0.29) is 23.9 Å². The van der Waals surface area contributed by atoms with E-state index in [4.69, 9.17) is 4.63 Å². The third kappa shape index (κ3) is 4.71. The zero-order valence-electron chi connectivity index (χ0n) is 14.5. The van der Waals surface area contributed by atoms with E-state index in [9.17, 15) is 18.0 Å². The van der Waals surface area contributed by atoms with Crippen LogP contribution < -0.4 is 0 Å². The molecule has 1 aromatic heterocycles. The molecule has 1 saturated heterocycles. The van der Waals surface area contributed by atoms with Crippen molar-refractivity contribution in [1.29, 1.82) is 0 Å². The number of halogens is 2. The minimum Gasteiger partial charge on any atom is -0.411 e. The van der Waals surface area contributed by atoms with Crippen molar-refractivity contribution in [3.05, 3.63) is 45.4 Å². The van der Waals surface area contributed by atoms with Crippen molar-refractivity contribution in [1.82, 2.24) is 14.6 Å². The Bertz CT molecular complexity index is 963. The highest BCUT2D eigenvalue weighted by Gasteiger charge is 2.30. The van der Waals surface area contributed by atoms with Crippen LogP contribution >= 0.6 is 15.9 Å². The molecule has 1 aromatic carbocycles. The highest BCUT2D eigenvalue weighted by atomic mass is 79.9. The molecule has 3 rings (SSSR count). The first kappa shape index (κ1) is 19.9.